The minimum atomic E-state index is -0.181. The number of pyridine rings is 1. The third-order valence-electron chi connectivity index (χ3n) is 6.25. The lowest BCUT2D eigenvalue weighted by molar-refractivity contribution is -0.122. The highest BCUT2D eigenvalue weighted by atomic mass is 32.2. The van der Waals surface area contributed by atoms with Crippen LogP contribution in [0.4, 0.5) is 5.82 Å². The summed E-state index contributed by atoms with van der Waals surface area (Å²) in [5.41, 5.74) is 1.86. The summed E-state index contributed by atoms with van der Waals surface area (Å²) in [7, 11) is 0. The fourth-order valence-corrected chi connectivity index (χ4v) is 6.06. The summed E-state index contributed by atoms with van der Waals surface area (Å²) in [6, 6.07) is 15.3. The molecule has 3 aromatic rings. The average molecular weight is 491 g/mol. The Kier molecular flexibility index (Phi) is 6.27. The molecule has 2 aromatic heterocycles. The average Bonchev–Trinajstić information content (AvgIpc) is 3.08. The van der Waals surface area contributed by atoms with Crippen LogP contribution in [0.25, 0.3) is 11.7 Å². The van der Waals surface area contributed by atoms with Crippen LogP contribution in [0.15, 0.2) is 64.4 Å². The smallest absolute Gasteiger partial charge is 0.267 e. The second-order valence-corrected chi connectivity index (χ2v) is 10.9. The van der Waals surface area contributed by atoms with E-state index in [1.807, 2.05) is 48.5 Å². The van der Waals surface area contributed by atoms with Gasteiger partial charge in [0.05, 0.1) is 17.0 Å². The number of piperidine rings is 1. The topological polar surface area (TPSA) is 57.9 Å². The van der Waals surface area contributed by atoms with Gasteiger partial charge in [0, 0.05) is 19.3 Å². The first kappa shape index (κ1) is 22.8. The number of hydrogen-bond acceptors (Lipinski definition) is 6. The number of amides is 1. The molecule has 6 nitrogen and oxygen atoms in total. The molecule has 0 N–H and O–H groups in total. The molecule has 2 fully saturated rings. The van der Waals surface area contributed by atoms with Crippen LogP contribution < -0.4 is 10.5 Å². The quantitative estimate of drug-likeness (QED) is 0.394. The largest absolute Gasteiger partial charge is 0.355 e. The normalized spacial score (nSPS) is 22.2. The van der Waals surface area contributed by atoms with E-state index in [-0.39, 0.29) is 11.5 Å². The van der Waals surface area contributed by atoms with E-state index in [9.17, 15) is 9.59 Å². The third-order valence-corrected chi connectivity index (χ3v) is 7.63. The number of carbonyl (C=O) groups excluding carboxylic acids is 1. The molecule has 2 saturated heterocycles. The Morgan fingerprint density at radius 1 is 1.06 bits per heavy atom. The summed E-state index contributed by atoms with van der Waals surface area (Å²) in [5.74, 6) is 1.46. The number of hydrogen-bond donors (Lipinski definition) is 0. The SMILES string of the molecule is CC1CC(C)CN(c2nc3ccccn3c(=O)c2C=C2SC(=S)N(Cc3ccccc3)C2=O)C1. The first-order chi connectivity index (χ1) is 16.4. The van der Waals surface area contributed by atoms with Crippen molar-refractivity contribution in [3.63, 3.8) is 0 Å². The predicted molar refractivity (Wildman–Crippen MR) is 142 cm³/mol. The van der Waals surface area contributed by atoms with Crippen molar-refractivity contribution < 1.29 is 4.79 Å². The molecule has 0 aliphatic carbocycles. The molecule has 2 aliphatic heterocycles. The molecule has 2 aliphatic rings. The Hall–Kier alpha value is -2.97. The van der Waals surface area contributed by atoms with Gasteiger partial charge in [-0.2, -0.15) is 0 Å². The van der Waals surface area contributed by atoms with Crippen molar-refractivity contribution in [2.24, 2.45) is 11.8 Å². The standard InChI is InChI=1S/C26H26N4O2S2/c1-17-12-18(2)15-28(14-17)23-20(24(31)29-11-7-6-10-22(29)27-23)13-21-25(32)30(26(33)34-21)16-19-8-4-3-5-9-19/h3-11,13,17-18H,12,14-16H2,1-2H3. The van der Waals surface area contributed by atoms with Crippen LogP contribution in [0.3, 0.4) is 0 Å². The van der Waals surface area contributed by atoms with Crippen LogP contribution in [-0.4, -0.2) is 37.6 Å². The Balaban J connectivity index is 1.57. The highest BCUT2D eigenvalue weighted by Crippen LogP contribution is 2.35. The first-order valence-electron chi connectivity index (χ1n) is 11.5. The van der Waals surface area contributed by atoms with Crippen molar-refractivity contribution in [1.82, 2.24) is 14.3 Å². The predicted octanol–water partition coefficient (Wildman–Crippen LogP) is 4.58. The Morgan fingerprint density at radius 2 is 1.76 bits per heavy atom. The molecule has 8 heteroatoms. The van der Waals surface area contributed by atoms with E-state index in [1.165, 1.54) is 16.2 Å². The minimum absolute atomic E-state index is 0.178. The number of carbonyl (C=O) groups is 1. The zero-order valence-electron chi connectivity index (χ0n) is 19.2. The van der Waals surface area contributed by atoms with Gasteiger partial charge in [0.25, 0.3) is 11.5 Å². The number of fused-ring (bicyclic) bond motifs is 1. The van der Waals surface area contributed by atoms with Crippen LogP contribution in [-0.2, 0) is 11.3 Å². The maximum Gasteiger partial charge on any atom is 0.267 e. The van der Waals surface area contributed by atoms with Crippen LogP contribution >= 0.6 is 24.0 Å². The summed E-state index contributed by atoms with van der Waals surface area (Å²) in [6.45, 7) is 6.52. The fraction of sp³-hybridized carbons (Fsp3) is 0.308. The molecule has 0 bridgehead atoms. The molecule has 0 radical (unpaired) electrons. The molecule has 5 rings (SSSR count). The van der Waals surface area contributed by atoms with Gasteiger partial charge in [0.15, 0.2) is 0 Å². The van der Waals surface area contributed by atoms with Gasteiger partial charge in [-0.05, 0) is 42.0 Å². The molecular weight excluding hydrogens is 464 g/mol. The van der Waals surface area contributed by atoms with Gasteiger partial charge in [-0.15, -0.1) is 0 Å². The Labute approximate surface area is 208 Å². The van der Waals surface area contributed by atoms with E-state index < -0.39 is 0 Å². The van der Waals surface area contributed by atoms with Crippen LogP contribution in [0, 0.1) is 11.8 Å². The van der Waals surface area contributed by atoms with Crippen LogP contribution in [0.2, 0.25) is 0 Å². The summed E-state index contributed by atoms with van der Waals surface area (Å²) in [6.07, 6.45) is 4.56. The summed E-state index contributed by atoms with van der Waals surface area (Å²) in [4.78, 5) is 36.0. The number of rotatable bonds is 4. The van der Waals surface area contributed by atoms with E-state index >= 15 is 0 Å². The van der Waals surface area contributed by atoms with E-state index in [0.29, 0.717) is 44.6 Å². The lowest BCUT2D eigenvalue weighted by Gasteiger charge is -2.36. The van der Waals surface area contributed by atoms with Gasteiger partial charge >= 0.3 is 0 Å². The van der Waals surface area contributed by atoms with Gasteiger partial charge in [0.2, 0.25) is 0 Å². The number of nitrogens with zero attached hydrogens (tertiary/aromatic N) is 4. The third kappa shape index (κ3) is 4.40. The van der Waals surface area contributed by atoms with Crippen LogP contribution in [0.5, 0.6) is 0 Å². The summed E-state index contributed by atoms with van der Waals surface area (Å²) >= 11 is 6.77. The molecule has 1 aromatic carbocycles. The number of aromatic nitrogens is 2. The zero-order valence-corrected chi connectivity index (χ0v) is 20.8. The highest BCUT2D eigenvalue weighted by molar-refractivity contribution is 8.26. The van der Waals surface area contributed by atoms with Gasteiger partial charge in [-0.3, -0.25) is 18.9 Å². The second kappa shape index (κ2) is 9.35. The monoisotopic (exact) mass is 490 g/mol. The molecular formula is C26H26N4O2S2. The number of thioether (sulfide) groups is 1. The Bertz CT molecular complexity index is 1340. The highest BCUT2D eigenvalue weighted by Gasteiger charge is 2.33. The maximum atomic E-state index is 13.6. The van der Waals surface area contributed by atoms with E-state index in [2.05, 4.69) is 18.7 Å². The van der Waals surface area contributed by atoms with Crippen molar-refractivity contribution in [2.45, 2.75) is 26.8 Å². The van der Waals surface area contributed by atoms with E-state index in [4.69, 9.17) is 17.2 Å². The first-order valence-corrected chi connectivity index (χ1v) is 12.7. The lowest BCUT2D eigenvalue weighted by atomic mass is 9.91. The minimum Gasteiger partial charge on any atom is -0.355 e. The molecule has 174 valence electrons. The number of benzene rings is 1. The number of anilines is 1. The van der Waals surface area contributed by atoms with Crippen molar-refractivity contribution in [2.75, 3.05) is 18.0 Å². The van der Waals surface area contributed by atoms with Crippen molar-refractivity contribution in [3.05, 3.63) is 81.1 Å². The molecule has 2 atom stereocenters. The second-order valence-electron chi connectivity index (χ2n) is 9.19. The molecule has 2 unspecified atom stereocenters. The van der Waals surface area contributed by atoms with E-state index in [1.54, 1.807) is 17.2 Å². The molecule has 1 amide bonds. The fourth-order valence-electron chi connectivity index (χ4n) is 4.83. The molecule has 0 saturated carbocycles. The molecule has 4 heterocycles. The zero-order chi connectivity index (χ0) is 23.8. The molecule has 0 spiro atoms. The number of thiocarbonyl (C=S) groups is 1. The maximum absolute atomic E-state index is 13.6. The molecule has 34 heavy (non-hydrogen) atoms. The van der Waals surface area contributed by atoms with E-state index in [0.717, 1.165) is 25.1 Å². The van der Waals surface area contributed by atoms with Gasteiger partial charge < -0.3 is 4.90 Å². The van der Waals surface area contributed by atoms with Gasteiger partial charge in [-0.25, -0.2) is 4.98 Å². The van der Waals surface area contributed by atoms with Crippen LogP contribution in [0.1, 0.15) is 31.4 Å². The summed E-state index contributed by atoms with van der Waals surface area (Å²) < 4.78 is 2.03. The summed E-state index contributed by atoms with van der Waals surface area (Å²) in [5, 5.41) is 0. The lowest BCUT2D eigenvalue weighted by Crippen LogP contribution is -2.40. The van der Waals surface area contributed by atoms with Crippen molar-refractivity contribution >= 4 is 51.7 Å². The van der Waals surface area contributed by atoms with Gasteiger partial charge in [-0.1, -0.05) is 74.2 Å². The van der Waals surface area contributed by atoms with Crippen molar-refractivity contribution in [3.8, 4) is 0 Å². The van der Waals surface area contributed by atoms with Crippen molar-refractivity contribution in [1.29, 1.82) is 0 Å². The Morgan fingerprint density at radius 3 is 2.50 bits per heavy atom. The van der Waals surface area contributed by atoms with Gasteiger partial charge in [0.1, 0.15) is 15.8 Å².